The fourth-order valence-electron chi connectivity index (χ4n) is 2.70. The van der Waals surface area contributed by atoms with Crippen molar-refractivity contribution in [2.75, 3.05) is 20.2 Å². The molecule has 1 aromatic carbocycles. The molecule has 0 aliphatic carbocycles. The number of hydrogen-bond acceptors (Lipinski definition) is 4. The molecule has 2 rings (SSSR count). The summed E-state index contributed by atoms with van der Waals surface area (Å²) in [6, 6.07) is 5.89. The quantitative estimate of drug-likeness (QED) is 0.728. The van der Waals surface area contributed by atoms with E-state index in [4.69, 9.17) is 9.26 Å². The molecular weight excluding hydrogens is 311 g/mol. The lowest BCUT2D eigenvalue weighted by Gasteiger charge is -2.21. The number of nitrogens with zero attached hydrogens (tertiary/aromatic N) is 2. The minimum Gasteiger partial charge on any atom is -0.494 e. The fourth-order valence-corrected chi connectivity index (χ4v) is 2.70. The monoisotopic (exact) mass is 334 g/mol. The molecule has 0 radical (unpaired) electrons. The van der Waals surface area contributed by atoms with E-state index in [-0.39, 0.29) is 17.6 Å². The summed E-state index contributed by atoms with van der Waals surface area (Å²) in [5, 5.41) is 3.90. The summed E-state index contributed by atoms with van der Waals surface area (Å²) in [4.78, 5) is 14.2. The first-order chi connectivity index (χ1) is 11.4. The van der Waals surface area contributed by atoms with Crippen molar-refractivity contribution in [3.63, 3.8) is 0 Å². The van der Waals surface area contributed by atoms with Crippen molar-refractivity contribution in [1.82, 2.24) is 10.1 Å². The Balaban J connectivity index is 1.80. The molecule has 1 amide bonds. The van der Waals surface area contributed by atoms with Gasteiger partial charge in [0.2, 0.25) is 5.91 Å². The summed E-state index contributed by atoms with van der Waals surface area (Å²) in [7, 11) is 1.77. The van der Waals surface area contributed by atoms with E-state index in [1.54, 1.807) is 24.1 Å². The predicted molar refractivity (Wildman–Crippen MR) is 88.5 cm³/mol. The molecule has 0 saturated carbocycles. The highest BCUT2D eigenvalue weighted by Gasteiger charge is 2.25. The van der Waals surface area contributed by atoms with Crippen molar-refractivity contribution < 1.29 is 18.4 Å². The highest BCUT2D eigenvalue weighted by Crippen LogP contribution is 2.24. The molecule has 0 spiro atoms. The van der Waals surface area contributed by atoms with Crippen LogP contribution in [0.4, 0.5) is 4.39 Å². The molecule has 1 heterocycles. The van der Waals surface area contributed by atoms with Gasteiger partial charge >= 0.3 is 0 Å². The number of hydrogen-bond donors (Lipinski definition) is 0. The van der Waals surface area contributed by atoms with Crippen molar-refractivity contribution in [2.24, 2.45) is 0 Å². The maximum Gasteiger partial charge on any atom is 0.229 e. The van der Waals surface area contributed by atoms with Crippen LogP contribution in [0, 0.1) is 19.7 Å². The van der Waals surface area contributed by atoms with Gasteiger partial charge in [0, 0.05) is 19.2 Å². The third-order valence-corrected chi connectivity index (χ3v) is 3.99. The number of aryl methyl sites for hydroxylation is 2. The summed E-state index contributed by atoms with van der Waals surface area (Å²) in [5.41, 5.74) is 1.61. The van der Waals surface area contributed by atoms with Crippen LogP contribution in [-0.2, 0) is 4.79 Å². The van der Waals surface area contributed by atoms with E-state index in [9.17, 15) is 9.18 Å². The van der Waals surface area contributed by atoms with Crippen LogP contribution in [0.15, 0.2) is 28.8 Å². The van der Waals surface area contributed by atoms with E-state index < -0.39 is 0 Å². The maximum atomic E-state index is 12.8. The molecule has 1 aromatic heterocycles. The smallest absolute Gasteiger partial charge is 0.229 e. The topological polar surface area (TPSA) is 55.6 Å². The van der Waals surface area contributed by atoms with Crippen molar-refractivity contribution in [3.05, 3.63) is 47.1 Å². The minimum absolute atomic E-state index is 0.0196. The lowest BCUT2D eigenvalue weighted by molar-refractivity contribution is -0.131. The Kier molecular flexibility index (Phi) is 5.95. The SMILES string of the molecule is Cc1noc(C)c1[C@@H](C)C(=O)N(C)CCCOc1ccc(F)cc1. The molecule has 130 valence electrons. The minimum atomic E-state index is -0.292. The van der Waals surface area contributed by atoms with Crippen LogP contribution in [0.25, 0.3) is 0 Å². The average molecular weight is 334 g/mol. The molecule has 0 aliphatic heterocycles. The number of likely N-dealkylation sites (N-methyl/N-ethyl adjacent to an activating group) is 1. The molecular formula is C18H23FN2O3. The summed E-state index contributed by atoms with van der Waals surface area (Å²) in [5.74, 6) is 0.738. The molecule has 1 atom stereocenters. The van der Waals surface area contributed by atoms with E-state index in [0.717, 1.165) is 11.3 Å². The van der Waals surface area contributed by atoms with Gasteiger partial charge in [0.15, 0.2) is 0 Å². The molecule has 0 saturated heterocycles. The molecule has 6 heteroatoms. The molecule has 0 unspecified atom stereocenters. The Hall–Kier alpha value is -2.37. The number of carbonyl (C=O) groups excluding carboxylic acids is 1. The first-order valence-electron chi connectivity index (χ1n) is 7.96. The Morgan fingerprint density at radius 2 is 2.00 bits per heavy atom. The highest BCUT2D eigenvalue weighted by molar-refractivity contribution is 5.83. The van der Waals surface area contributed by atoms with Gasteiger partial charge in [-0.3, -0.25) is 4.79 Å². The van der Waals surface area contributed by atoms with Crippen molar-refractivity contribution in [3.8, 4) is 5.75 Å². The normalized spacial score (nSPS) is 12.0. The Labute approximate surface area is 141 Å². The van der Waals surface area contributed by atoms with E-state index in [2.05, 4.69) is 5.16 Å². The Morgan fingerprint density at radius 3 is 2.58 bits per heavy atom. The van der Waals surface area contributed by atoms with Crippen LogP contribution >= 0.6 is 0 Å². The number of carbonyl (C=O) groups is 1. The van der Waals surface area contributed by atoms with Crippen molar-refractivity contribution >= 4 is 5.91 Å². The van der Waals surface area contributed by atoms with E-state index in [1.165, 1.54) is 12.1 Å². The first kappa shape index (κ1) is 18.0. The number of ether oxygens (including phenoxy) is 1. The van der Waals surface area contributed by atoms with Gasteiger partial charge in [-0.05, 0) is 51.5 Å². The van der Waals surface area contributed by atoms with Crippen LogP contribution in [-0.4, -0.2) is 36.2 Å². The number of rotatable bonds is 7. The van der Waals surface area contributed by atoms with Crippen molar-refractivity contribution in [2.45, 2.75) is 33.1 Å². The van der Waals surface area contributed by atoms with Gasteiger partial charge in [0.05, 0.1) is 18.2 Å². The lowest BCUT2D eigenvalue weighted by atomic mass is 9.98. The largest absolute Gasteiger partial charge is 0.494 e. The second kappa shape index (κ2) is 7.95. The third-order valence-electron chi connectivity index (χ3n) is 3.99. The summed E-state index contributed by atoms with van der Waals surface area (Å²) in [6.07, 6.45) is 0.688. The molecule has 0 bridgehead atoms. The Bertz CT molecular complexity index is 663. The summed E-state index contributed by atoms with van der Waals surface area (Å²) in [6.45, 7) is 6.55. The maximum absolute atomic E-state index is 12.8. The predicted octanol–water partition coefficient (Wildman–Crippen LogP) is 3.46. The van der Waals surface area contributed by atoms with Gasteiger partial charge in [-0.15, -0.1) is 0 Å². The number of amides is 1. The van der Waals surface area contributed by atoms with Crippen LogP contribution in [0.1, 0.15) is 36.3 Å². The number of aromatic nitrogens is 1. The van der Waals surface area contributed by atoms with Crippen molar-refractivity contribution in [1.29, 1.82) is 0 Å². The first-order valence-corrected chi connectivity index (χ1v) is 7.96. The number of halogens is 1. The van der Waals surface area contributed by atoms with E-state index >= 15 is 0 Å². The second-order valence-electron chi connectivity index (χ2n) is 5.88. The van der Waals surface area contributed by atoms with E-state index in [0.29, 0.717) is 31.1 Å². The van der Waals surface area contributed by atoms with Gasteiger partial charge in [0.25, 0.3) is 0 Å². The van der Waals surface area contributed by atoms with Gasteiger partial charge < -0.3 is 14.2 Å². The van der Waals surface area contributed by atoms with Crippen LogP contribution < -0.4 is 4.74 Å². The standard InChI is InChI=1S/C18H23FN2O3/c1-12(17-13(2)20-24-14(17)3)18(22)21(4)10-5-11-23-16-8-6-15(19)7-9-16/h6-9,12H,5,10-11H2,1-4H3/t12-/m1/s1. The molecule has 0 aliphatic rings. The van der Waals surface area contributed by atoms with Gasteiger partial charge in [-0.1, -0.05) is 5.16 Å². The second-order valence-corrected chi connectivity index (χ2v) is 5.88. The molecule has 24 heavy (non-hydrogen) atoms. The highest BCUT2D eigenvalue weighted by atomic mass is 19.1. The fraction of sp³-hybridized carbons (Fsp3) is 0.444. The van der Waals surface area contributed by atoms with Gasteiger partial charge in [-0.25, -0.2) is 4.39 Å². The Morgan fingerprint density at radius 1 is 1.33 bits per heavy atom. The van der Waals surface area contributed by atoms with Gasteiger partial charge in [-0.2, -0.15) is 0 Å². The zero-order valence-electron chi connectivity index (χ0n) is 14.5. The molecule has 5 nitrogen and oxygen atoms in total. The zero-order valence-corrected chi connectivity index (χ0v) is 14.5. The lowest BCUT2D eigenvalue weighted by Crippen LogP contribution is -2.32. The molecule has 2 aromatic rings. The van der Waals surface area contributed by atoms with Gasteiger partial charge in [0.1, 0.15) is 17.3 Å². The summed E-state index contributed by atoms with van der Waals surface area (Å²) < 4.78 is 23.5. The average Bonchev–Trinajstić information content (AvgIpc) is 2.90. The third kappa shape index (κ3) is 4.34. The molecule has 0 N–H and O–H groups in total. The van der Waals surface area contributed by atoms with E-state index in [1.807, 2.05) is 20.8 Å². The van der Waals surface area contributed by atoms with Crippen LogP contribution in [0.5, 0.6) is 5.75 Å². The van der Waals surface area contributed by atoms with Crippen LogP contribution in [0.3, 0.4) is 0 Å². The van der Waals surface area contributed by atoms with Crippen LogP contribution in [0.2, 0.25) is 0 Å². The zero-order chi connectivity index (χ0) is 17.7. The molecule has 0 fully saturated rings. The number of benzene rings is 1. The summed E-state index contributed by atoms with van der Waals surface area (Å²) >= 11 is 0.